The van der Waals surface area contributed by atoms with Gasteiger partial charge < -0.3 is 14.8 Å². The fourth-order valence-electron chi connectivity index (χ4n) is 2.85. The third-order valence-corrected chi connectivity index (χ3v) is 4.27. The lowest BCUT2D eigenvalue weighted by atomic mass is 9.96. The number of rotatable bonds is 6. The number of hydrogen-bond donors (Lipinski definition) is 1. The first kappa shape index (κ1) is 17.2. The summed E-state index contributed by atoms with van der Waals surface area (Å²) >= 11 is 0. The van der Waals surface area contributed by atoms with Gasteiger partial charge in [-0.2, -0.15) is 0 Å². The Morgan fingerprint density at radius 1 is 0.760 bits per heavy atom. The van der Waals surface area contributed by atoms with E-state index < -0.39 is 11.8 Å². The first-order valence-electron chi connectivity index (χ1n) is 8.36. The highest BCUT2D eigenvalue weighted by molar-refractivity contribution is 5.83. The van der Waals surface area contributed by atoms with Crippen LogP contribution in [-0.2, 0) is 32.3 Å². The lowest BCUT2D eigenvalue weighted by molar-refractivity contribution is -0.160. The number of carbonyl (C=O) groups is 2. The monoisotopic (exact) mass is 339 g/mol. The summed E-state index contributed by atoms with van der Waals surface area (Å²) < 4.78 is 10.7. The van der Waals surface area contributed by atoms with Crippen LogP contribution in [0.3, 0.4) is 0 Å². The molecule has 0 radical (unpaired) electrons. The van der Waals surface area contributed by atoms with Gasteiger partial charge in [0.25, 0.3) is 0 Å². The number of nitrogens with one attached hydrogen (secondary N) is 1. The maximum Gasteiger partial charge on any atom is 0.311 e. The molecule has 3 rings (SSSR count). The molecule has 2 aromatic rings. The molecule has 1 fully saturated rings. The first-order valence-corrected chi connectivity index (χ1v) is 8.36. The van der Waals surface area contributed by atoms with Crippen LogP contribution in [-0.4, -0.2) is 25.0 Å². The van der Waals surface area contributed by atoms with E-state index in [9.17, 15) is 9.59 Å². The van der Waals surface area contributed by atoms with Gasteiger partial charge >= 0.3 is 11.9 Å². The van der Waals surface area contributed by atoms with E-state index >= 15 is 0 Å². The van der Waals surface area contributed by atoms with Crippen LogP contribution in [0.25, 0.3) is 0 Å². The quantitative estimate of drug-likeness (QED) is 0.818. The average Bonchev–Trinajstić information content (AvgIpc) is 3.16. The molecule has 0 bridgehead atoms. The zero-order valence-electron chi connectivity index (χ0n) is 13.9. The van der Waals surface area contributed by atoms with Gasteiger partial charge in [0.15, 0.2) is 0 Å². The maximum absolute atomic E-state index is 12.3. The van der Waals surface area contributed by atoms with E-state index in [-0.39, 0.29) is 25.2 Å². The molecular weight excluding hydrogens is 318 g/mol. The molecule has 0 amide bonds. The highest BCUT2D eigenvalue weighted by Crippen LogP contribution is 2.21. The molecule has 0 aliphatic carbocycles. The van der Waals surface area contributed by atoms with Gasteiger partial charge in [-0.3, -0.25) is 9.59 Å². The molecule has 1 heterocycles. The number of esters is 2. The minimum Gasteiger partial charge on any atom is -0.461 e. The van der Waals surface area contributed by atoms with Gasteiger partial charge in [0, 0.05) is 13.1 Å². The number of benzene rings is 2. The van der Waals surface area contributed by atoms with E-state index in [4.69, 9.17) is 9.47 Å². The van der Waals surface area contributed by atoms with Gasteiger partial charge in [-0.1, -0.05) is 60.7 Å². The Kier molecular flexibility index (Phi) is 5.80. The fraction of sp³-hybridized carbons (Fsp3) is 0.300. The van der Waals surface area contributed by atoms with Gasteiger partial charge in [0.05, 0.1) is 11.8 Å². The highest BCUT2D eigenvalue weighted by Gasteiger charge is 2.39. The van der Waals surface area contributed by atoms with Crippen molar-refractivity contribution in [2.45, 2.75) is 13.2 Å². The van der Waals surface area contributed by atoms with E-state index in [0.29, 0.717) is 13.1 Å². The Labute approximate surface area is 147 Å². The van der Waals surface area contributed by atoms with Crippen molar-refractivity contribution in [3.05, 3.63) is 71.8 Å². The third-order valence-electron chi connectivity index (χ3n) is 4.27. The molecule has 130 valence electrons. The summed E-state index contributed by atoms with van der Waals surface area (Å²) in [5, 5.41) is 3.08. The minimum absolute atomic E-state index is 0.210. The smallest absolute Gasteiger partial charge is 0.311 e. The SMILES string of the molecule is O=C(OCc1ccccc1)C1CNC[C@@H]1C(=O)OCc1ccccc1. The Balaban J connectivity index is 1.52. The second kappa shape index (κ2) is 8.44. The van der Waals surface area contributed by atoms with Crippen molar-refractivity contribution in [2.75, 3.05) is 13.1 Å². The molecule has 0 aromatic heterocycles. The summed E-state index contributed by atoms with van der Waals surface area (Å²) in [6, 6.07) is 19.0. The van der Waals surface area contributed by atoms with Crippen LogP contribution in [0.4, 0.5) is 0 Å². The molecule has 1 aliphatic heterocycles. The van der Waals surface area contributed by atoms with E-state index in [2.05, 4.69) is 5.32 Å². The molecule has 2 atom stereocenters. The number of ether oxygens (including phenoxy) is 2. The van der Waals surface area contributed by atoms with Gasteiger partial charge in [-0.15, -0.1) is 0 Å². The van der Waals surface area contributed by atoms with Crippen molar-refractivity contribution in [1.29, 1.82) is 0 Å². The van der Waals surface area contributed by atoms with Gasteiger partial charge in [0.1, 0.15) is 13.2 Å². The van der Waals surface area contributed by atoms with Gasteiger partial charge in [-0.25, -0.2) is 0 Å². The minimum atomic E-state index is -0.507. The van der Waals surface area contributed by atoms with E-state index in [1.54, 1.807) is 0 Å². The Morgan fingerprint density at radius 3 is 1.56 bits per heavy atom. The van der Waals surface area contributed by atoms with Crippen molar-refractivity contribution in [2.24, 2.45) is 11.8 Å². The second-order valence-electron chi connectivity index (χ2n) is 6.06. The maximum atomic E-state index is 12.3. The van der Waals surface area contributed by atoms with Crippen LogP contribution in [0.5, 0.6) is 0 Å². The summed E-state index contributed by atoms with van der Waals surface area (Å²) in [7, 11) is 0. The van der Waals surface area contributed by atoms with Crippen LogP contribution in [0.1, 0.15) is 11.1 Å². The number of carbonyl (C=O) groups excluding carboxylic acids is 2. The second-order valence-corrected chi connectivity index (χ2v) is 6.06. The molecule has 1 unspecified atom stereocenters. The molecule has 5 nitrogen and oxygen atoms in total. The van der Waals surface area contributed by atoms with Crippen molar-refractivity contribution in [1.82, 2.24) is 5.32 Å². The van der Waals surface area contributed by atoms with Crippen molar-refractivity contribution < 1.29 is 19.1 Å². The Bertz CT molecular complexity index is 641. The largest absolute Gasteiger partial charge is 0.461 e. The first-order chi connectivity index (χ1) is 12.2. The van der Waals surface area contributed by atoms with Crippen molar-refractivity contribution in [3.63, 3.8) is 0 Å². The molecule has 0 saturated carbocycles. The predicted molar refractivity (Wildman–Crippen MR) is 92.3 cm³/mol. The topological polar surface area (TPSA) is 64.6 Å². The normalized spacial score (nSPS) is 19.4. The third kappa shape index (κ3) is 4.67. The molecule has 25 heavy (non-hydrogen) atoms. The lowest BCUT2D eigenvalue weighted by Crippen LogP contribution is -2.31. The molecule has 2 aromatic carbocycles. The van der Waals surface area contributed by atoms with E-state index in [0.717, 1.165) is 11.1 Å². The fourth-order valence-corrected chi connectivity index (χ4v) is 2.85. The molecule has 1 N–H and O–H groups in total. The molecule has 1 saturated heterocycles. The van der Waals surface area contributed by atoms with Crippen molar-refractivity contribution >= 4 is 11.9 Å². The summed E-state index contributed by atoms with van der Waals surface area (Å²) in [4.78, 5) is 24.7. The van der Waals surface area contributed by atoms with Crippen LogP contribution >= 0.6 is 0 Å². The Morgan fingerprint density at radius 2 is 1.16 bits per heavy atom. The molecular formula is C20H21NO4. The van der Waals surface area contributed by atoms with Crippen LogP contribution in [0.15, 0.2) is 60.7 Å². The van der Waals surface area contributed by atoms with Gasteiger partial charge in [0.2, 0.25) is 0 Å². The lowest BCUT2D eigenvalue weighted by Gasteiger charge is -2.16. The molecule has 5 heteroatoms. The Hall–Kier alpha value is -2.66. The average molecular weight is 339 g/mol. The van der Waals surface area contributed by atoms with E-state index in [1.165, 1.54) is 0 Å². The summed E-state index contributed by atoms with van der Waals surface area (Å²) in [6.45, 7) is 1.28. The molecule has 1 aliphatic rings. The van der Waals surface area contributed by atoms with Crippen molar-refractivity contribution in [3.8, 4) is 0 Å². The zero-order valence-corrected chi connectivity index (χ0v) is 13.9. The van der Waals surface area contributed by atoms with Crippen LogP contribution in [0.2, 0.25) is 0 Å². The summed E-state index contributed by atoms with van der Waals surface area (Å²) in [5.41, 5.74) is 1.84. The summed E-state index contributed by atoms with van der Waals surface area (Å²) in [6.07, 6.45) is 0. The van der Waals surface area contributed by atoms with Crippen LogP contribution in [0, 0.1) is 11.8 Å². The van der Waals surface area contributed by atoms with Crippen LogP contribution < -0.4 is 5.32 Å². The van der Waals surface area contributed by atoms with E-state index in [1.807, 2.05) is 60.7 Å². The predicted octanol–water partition coefficient (Wildman–Crippen LogP) is 2.31. The van der Waals surface area contributed by atoms with Gasteiger partial charge in [-0.05, 0) is 11.1 Å². The highest BCUT2D eigenvalue weighted by atomic mass is 16.5. The zero-order chi connectivity index (χ0) is 17.5. The summed E-state index contributed by atoms with van der Waals surface area (Å²) in [5.74, 6) is -1.75. The molecule has 0 spiro atoms. The standard InChI is InChI=1S/C20H21NO4/c22-19(24-13-15-7-3-1-4-8-15)17-11-21-12-18(17)20(23)25-14-16-9-5-2-6-10-16/h1-10,17-18,21H,11-14H2/t17-,18?/m0/s1. The number of hydrogen-bond acceptors (Lipinski definition) is 5.